The minimum absolute atomic E-state index is 0.133. The maximum Gasteiger partial charge on any atom is 0.411 e. The van der Waals surface area contributed by atoms with Gasteiger partial charge in [0.15, 0.2) is 0 Å². The topological polar surface area (TPSA) is 157 Å². The second-order valence-electron chi connectivity index (χ2n) is 10.4. The number of nitrogens with one attached hydrogen (secondary N) is 4. The third kappa shape index (κ3) is 9.81. The molecule has 0 aliphatic rings. The number of carbonyl (C=O) groups is 4. The predicted molar refractivity (Wildman–Crippen MR) is 148 cm³/mol. The van der Waals surface area contributed by atoms with Gasteiger partial charge < -0.3 is 25.6 Å². The van der Waals surface area contributed by atoms with Gasteiger partial charge in [-0.15, -0.1) is 0 Å². The molecular formula is C29H40N4O6. The van der Waals surface area contributed by atoms with E-state index in [0.717, 1.165) is 17.4 Å². The molecular weight excluding hydrogens is 500 g/mol. The zero-order valence-electron chi connectivity index (χ0n) is 22.9. The Morgan fingerprint density at radius 2 is 1.41 bits per heavy atom. The van der Waals surface area contributed by atoms with Crippen LogP contribution in [0.3, 0.4) is 0 Å². The molecule has 2 aromatic carbocycles. The highest BCUT2D eigenvalue weighted by Crippen LogP contribution is 2.27. The fourth-order valence-corrected chi connectivity index (χ4v) is 4.66. The molecule has 2 unspecified atom stereocenters. The molecule has 0 radical (unpaired) electrons. The summed E-state index contributed by atoms with van der Waals surface area (Å²) in [4.78, 5) is 48.2. The summed E-state index contributed by atoms with van der Waals surface area (Å²) in [6, 6.07) is 17.3. The largest absolute Gasteiger partial charge is 0.465 e. The van der Waals surface area contributed by atoms with Crippen molar-refractivity contribution in [3.8, 4) is 0 Å². The molecule has 0 aliphatic carbocycles. The molecule has 0 saturated heterocycles. The lowest BCUT2D eigenvalue weighted by Gasteiger charge is -2.45. The first-order chi connectivity index (χ1) is 18.5. The van der Waals surface area contributed by atoms with Gasteiger partial charge in [0, 0.05) is 18.9 Å². The molecule has 10 heteroatoms. The van der Waals surface area contributed by atoms with Gasteiger partial charge in [0.2, 0.25) is 5.91 Å². The number of hydrogen-bond acceptors (Lipinski definition) is 6. The molecule has 212 valence electrons. The fourth-order valence-electron chi connectivity index (χ4n) is 4.66. The summed E-state index contributed by atoms with van der Waals surface area (Å²) in [5.74, 6) is -1.61. The Morgan fingerprint density at radius 3 is 1.87 bits per heavy atom. The van der Waals surface area contributed by atoms with Gasteiger partial charge in [-0.2, -0.15) is 0 Å². The van der Waals surface area contributed by atoms with Crippen molar-refractivity contribution in [3.05, 3.63) is 71.8 Å². The Hall–Kier alpha value is -3.76. The fraction of sp³-hybridized carbons (Fsp3) is 0.448. The van der Waals surface area contributed by atoms with Gasteiger partial charge in [0.25, 0.3) is 0 Å². The smallest absolute Gasteiger partial charge is 0.411 e. The number of carbonyl (C=O) groups excluding carboxylic acids is 2. The summed E-state index contributed by atoms with van der Waals surface area (Å²) in [5, 5.41) is 30.3. The highest BCUT2D eigenvalue weighted by atomic mass is 16.4. The average molecular weight is 541 g/mol. The van der Waals surface area contributed by atoms with Crippen LogP contribution in [0, 0.1) is 17.8 Å². The number of benzene rings is 2. The molecule has 0 heterocycles. The molecule has 0 aliphatic heterocycles. The molecule has 6 N–H and O–H groups in total. The van der Waals surface area contributed by atoms with Gasteiger partial charge in [-0.3, -0.25) is 15.4 Å². The Labute approximate surface area is 229 Å². The Bertz CT molecular complexity index is 1080. The van der Waals surface area contributed by atoms with E-state index in [1.807, 2.05) is 79.8 Å². The van der Waals surface area contributed by atoms with Gasteiger partial charge >= 0.3 is 12.2 Å². The lowest BCUT2D eigenvalue weighted by Crippen LogP contribution is -2.70. The van der Waals surface area contributed by atoms with Crippen LogP contribution in [0.25, 0.3) is 0 Å². The zero-order valence-corrected chi connectivity index (χ0v) is 22.9. The van der Waals surface area contributed by atoms with E-state index in [2.05, 4.69) is 16.0 Å². The summed E-state index contributed by atoms with van der Waals surface area (Å²) < 4.78 is 0. The molecule has 0 fully saturated rings. The molecule has 4 atom stereocenters. The number of hydrogen-bond donors (Lipinski definition) is 6. The van der Waals surface area contributed by atoms with E-state index in [0.29, 0.717) is 6.42 Å². The summed E-state index contributed by atoms with van der Waals surface area (Å²) >= 11 is 0. The number of amides is 3. The SMILES string of the molecule is CC(C)C(NC[C@H](Cc1ccccc1)C(Cc1ccccc1)(NC(=O)O)N[C@H](C=O)C(C)C)C(=O)NC(=O)O. The number of aldehydes is 1. The van der Waals surface area contributed by atoms with Crippen LogP contribution >= 0.6 is 0 Å². The van der Waals surface area contributed by atoms with Gasteiger partial charge in [-0.05, 0) is 29.4 Å². The molecule has 3 amide bonds. The predicted octanol–water partition coefficient (Wildman–Crippen LogP) is 3.27. The third-order valence-electron chi connectivity index (χ3n) is 6.73. The standard InChI is InChI=1S/C29H40N4O6/c1-19(2)24(18-34)32-29(33-28(38)39,16-22-13-9-6-10-14-22)23(15-21-11-7-5-8-12-21)17-30-25(20(3)4)26(35)31-27(36)37/h5-14,18-20,23-25,30,32-33H,15-17H2,1-4H3,(H,31,35)(H,36,37)(H,38,39)/t23-,24+,25?,29?/m0/s1. The van der Waals surface area contributed by atoms with Crippen molar-refractivity contribution in [1.82, 2.24) is 21.3 Å². The normalized spacial score (nSPS) is 15.1. The number of carboxylic acid groups (broad SMARTS) is 2. The molecule has 0 bridgehead atoms. The van der Waals surface area contributed by atoms with E-state index in [9.17, 15) is 24.3 Å². The van der Waals surface area contributed by atoms with Crippen molar-refractivity contribution in [2.45, 2.75) is 58.3 Å². The summed E-state index contributed by atoms with van der Waals surface area (Å²) in [7, 11) is 0. The van der Waals surface area contributed by atoms with Crippen LogP contribution in [-0.2, 0) is 22.4 Å². The monoisotopic (exact) mass is 540 g/mol. The van der Waals surface area contributed by atoms with Crippen LogP contribution in [0.2, 0.25) is 0 Å². The third-order valence-corrected chi connectivity index (χ3v) is 6.73. The lowest BCUT2D eigenvalue weighted by molar-refractivity contribution is -0.123. The summed E-state index contributed by atoms with van der Waals surface area (Å²) in [6.07, 6.45) is -1.34. The van der Waals surface area contributed by atoms with E-state index in [1.165, 1.54) is 0 Å². The van der Waals surface area contributed by atoms with Gasteiger partial charge in [-0.25, -0.2) is 9.59 Å². The van der Waals surface area contributed by atoms with Crippen molar-refractivity contribution in [2.24, 2.45) is 17.8 Å². The minimum atomic E-state index is -1.45. The molecule has 0 saturated carbocycles. The Morgan fingerprint density at radius 1 is 0.846 bits per heavy atom. The van der Waals surface area contributed by atoms with Gasteiger partial charge in [-0.1, -0.05) is 88.4 Å². The van der Waals surface area contributed by atoms with Crippen molar-refractivity contribution in [1.29, 1.82) is 0 Å². The van der Waals surface area contributed by atoms with Crippen LogP contribution in [0.1, 0.15) is 38.8 Å². The van der Waals surface area contributed by atoms with Crippen molar-refractivity contribution in [2.75, 3.05) is 6.54 Å². The van der Waals surface area contributed by atoms with Crippen molar-refractivity contribution >= 4 is 24.4 Å². The van der Waals surface area contributed by atoms with E-state index in [4.69, 9.17) is 5.11 Å². The molecule has 0 spiro atoms. The average Bonchev–Trinajstić information content (AvgIpc) is 2.86. The van der Waals surface area contributed by atoms with Crippen LogP contribution in [0.5, 0.6) is 0 Å². The second kappa shape index (κ2) is 15.0. The quantitative estimate of drug-likeness (QED) is 0.148. The Balaban J connectivity index is 2.62. The number of imide groups is 1. The van der Waals surface area contributed by atoms with E-state index >= 15 is 0 Å². The van der Waals surface area contributed by atoms with Crippen molar-refractivity contribution < 1.29 is 29.4 Å². The summed E-state index contributed by atoms with van der Waals surface area (Å²) in [5.41, 5.74) is 0.435. The highest BCUT2D eigenvalue weighted by Gasteiger charge is 2.43. The first-order valence-electron chi connectivity index (χ1n) is 13.1. The molecule has 2 rings (SSSR count). The second-order valence-corrected chi connectivity index (χ2v) is 10.4. The number of rotatable bonds is 15. The summed E-state index contributed by atoms with van der Waals surface area (Å²) in [6.45, 7) is 7.45. The highest BCUT2D eigenvalue weighted by molar-refractivity contribution is 5.94. The molecule has 0 aromatic heterocycles. The first kappa shape index (κ1) is 31.5. The van der Waals surface area contributed by atoms with Crippen LogP contribution < -0.4 is 21.3 Å². The van der Waals surface area contributed by atoms with E-state index < -0.39 is 41.8 Å². The van der Waals surface area contributed by atoms with Gasteiger partial charge in [0.1, 0.15) is 11.9 Å². The maximum absolute atomic E-state index is 12.7. The maximum atomic E-state index is 12.7. The van der Waals surface area contributed by atoms with E-state index in [1.54, 1.807) is 13.8 Å². The first-order valence-corrected chi connectivity index (χ1v) is 13.1. The molecule has 39 heavy (non-hydrogen) atoms. The molecule has 2 aromatic rings. The van der Waals surface area contributed by atoms with Gasteiger partial charge in [0.05, 0.1) is 12.1 Å². The van der Waals surface area contributed by atoms with Crippen LogP contribution in [0.15, 0.2) is 60.7 Å². The zero-order chi connectivity index (χ0) is 29.0. The van der Waals surface area contributed by atoms with Crippen LogP contribution in [0.4, 0.5) is 9.59 Å². The minimum Gasteiger partial charge on any atom is -0.465 e. The van der Waals surface area contributed by atoms with E-state index in [-0.39, 0.29) is 24.8 Å². The van der Waals surface area contributed by atoms with Crippen molar-refractivity contribution in [3.63, 3.8) is 0 Å². The lowest BCUT2D eigenvalue weighted by atomic mass is 9.80. The molecule has 10 nitrogen and oxygen atoms in total. The Kier molecular flexibility index (Phi) is 12.1. The van der Waals surface area contributed by atoms with Crippen LogP contribution in [-0.4, -0.2) is 58.9 Å².